The summed E-state index contributed by atoms with van der Waals surface area (Å²) in [6.07, 6.45) is 0. The van der Waals surface area contributed by atoms with Gasteiger partial charge in [0.2, 0.25) is 0 Å². The number of ether oxygens (including phenoxy) is 2. The maximum atomic E-state index is 13.8. The smallest absolute Gasteiger partial charge is 0.166 e. The van der Waals surface area contributed by atoms with Gasteiger partial charge in [-0.15, -0.1) is 11.6 Å². The van der Waals surface area contributed by atoms with Crippen molar-refractivity contribution in [2.45, 2.75) is 12.5 Å². The normalized spacial score (nSPS) is 10.5. The van der Waals surface area contributed by atoms with Gasteiger partial charge in [0, 0.05) is 22.2 Å². The lowest BCUT2D eigenvalue weighted by Crippen LogP contribution is -2.02. The molecular weight excluding hydrogens is 338 g/mol. The van der Waals surface area contributed by atoms with Crippen molar-refractivity contribution in [3.63, 3.8) is 0 Å². The van der Waals surface area contributed by atoms with Crippen molar-refractivity contribution in [3.8, 4) is 11.5 Å². The van der Waals surface area contributed by atoms with Crippen molar-refractivity contribution in [1.82, 2.24) is 0 Å². The maximum Gasteiger partial charge on any atom is 0.166 e. The van der Waals surface area contributed by atoms with E-state index in [0.717, 1.165) is 0 Å². The van der Waals surface area contributed by atoms with Gasteiger partial charge in [0.25, 0.3) is 0 Å². The molecule has 0 saturated carbocycles. The second-order valence-corrected chi connectivity index (χ2v) is 5.34. The minimum atomic E-state index is -0.500. The Morgan fingerprint density at radius 1 is 1.14 bits per heavy atom. The SMILES string of the molecule is COc1cc(Cl)cc(CCl)c1OCc1cccc(Cl)c1F. The number of alkyl halides is 1. The van der Waals surface area contributed by atoms with Crippen molar-refractivity contribution in [1.29, 1.82) is 0 Å². The van der Waals surface area contributed by atoms with E-state index in [9.17, 15) is 4.39 Å². The average Bonchev–Trinajstić information content (AvgIpc) is 2.48. The van der Waals surface area contributed by atoms with Crippen LogP contribution in [0.5, 0.6) is 11.5 Å². The topological polar surface area (TPSA) is 18.5 Å². The Morgan fingerprint density at radius 2 is 1.90 bits per heavy atom. The molecule has 2 aromatic rings. The first kappa shape index (κ1) is 16.2. The Balaban J connectivity index is 2.29. The molecule has 0 aliphatic carbocycles. The molecule has 2 rings (SSSR count). The summed E-state index contributed by atoms with van der Waals surface area (Å²) >= 11 is 17.6. The number of benzene rings is 2. The number of methoxy groups -OCH3 is 1. The van der Waals surface area contributed by atoms with Crippen LogP contribution in [0.2, 0.25) is 10.0 Å². The predicted octanol–water partition coefficient (Wildman–Crippen LogP) is 5.46. The largest absolute Gasteiger partial charge is 0.493 e. The Kier molecular flexibility index (Phi) is 5.57. The summed E-state index contributed by atoms with van der Waals surface area (Å²) in [7, 11) is 1.50. The van der Waals surface area contributed by atoms with Crippen LogP contribution in [0.25, 0.3) is 0 Å². The molecule has 112 valence electrons. The third-order valence-electron chi connectivity index (χ3n) is 2.86. The van der Waals surface area contributed by atoms with Crippen LogP contribution in [0.15, 0.2) is 30.3 Å². The van der Waals surface area contributed by atoms with Crippen molar-refractivity contribution in [2.75, 3.05) is 7.11 Å². The molecule has 0 heterocycles. The molecule has 0 fully saturated rings. The molecule has 0 aromatic heterocycles. The summed E-state index contributed by atoms with van der Waals surface area (Å²) in [5.41, 5.74) is 1.02. The van der Waals surface area contributed by atoms with Crippen LogP contribution in [0.1, 0.15) is 11.1 Å². The molecule has 0 N–H and O–H groups in total. The fourth-order valence-electron chi connectivity index (χ4n) is 1.85. The van der Waals surface area contributed by atoms with E-state index < -0.39 is 5.82 Å². The molecule has 0 aliphatic rings. The Morgan fingerprint density at radius 3 is 2.57 bits per heavy atom. The standard InChI is InChI=1S/C15H12Cl3FO2/c1-20-13-6-11(17)5-10(7-16)15(13)21-8-9-3-2-4-12(18)14(9)19/h2-6H,7-8H2,1H3. The molecule has 0 atom stereocenters. The van der Waals surface area contributed by atoms with Crippen LogP contribution in [0.4, 0.5) is 4.39 Å². The summed E-state index contributed by atoms with van der Waals surface area (Å²) < 4.78 is 24.7. The first-order valence-corrected chi connectivity index (χ1v) is 7.34. The zero-order valence-corrected chi connectivity index (χ0v) is 13.4. The third-order valence-corrected chi connectivity index (χ3v) is 3.66. The van der Waals surface area contributed by atoms with E-state index >= 15 is 0 Å². The van der Waals surface area contributed by atoms with E-state index in [4.69, 9.17) is 44.3 Å². The highest BCUT2D eigenvalue weighted by molar-refractivity contribution is 6.31. The van der Waals surface area contributed by atoms with Gasteiger partial charge in [-0.3, -0.25) is 0 Å². The van der Waals surface area contributed by atoms with E-state index in [2.05, 4.69) is 0 Å². The van der Waals surface area contributed by atoms with E-state index in [1.165, 1.54) is 13.2 Å². The van der Waals surface area contributed by atoms with E-state index in [0.29, 0.717) is 27.6 Å². The van der Waals surface area contributed by atoms with Crippen molar-refractivity contribution >= 4 is 34.8 Å². The van der Waals surface area contributed by atoms with Gasteiger partial charge in [-0.2, -0.15) is 0 Å². The lowest BCUT2D eigenvalue weighted by Gasteiger charge is -2.15. The predicted molar refractivity (Wildman–Crippen MR) is 83.3 cm³/mol. The van der Waals surface area contributed by atoms with Crippen molar-refractivity contribution in [2.24, 2.45) is 0 Å². The summed E-state index contributed by atoms with van der Waals surface area (Å²) in [4.78, 5) is 0. The molecular formula is C15H12Cl3FO2. The molecule has 21 heavy (non-hydrogen) atoms. The average molecular weight is 350 g/mol. The molecule has 0 bridgehead atoms. The number of halogens is 4. The quantitative estimate of drug-likeness (QED) is 0.667. The number of hydrogen-bond acceptors (Lipinski definition) is 2. The van der Waals surface area contributed by atoms with Crippen molar-refractivity contribution < 1.29 is 13.9 Å². The zero-order valence-electron chi connectivity index (χ0n) is 11.1. The highest BCUT2D eigenvalue weighted by Crippen LogP contribution is 2.36. The minimum Gasteiger partial charge on any atom is -0.493 e. The lowest BCUT2D eigenvalue weighted by molar-refractivity contribution is 0.277. The van der Waals surface area contributed by atoms with Gasteiger partial charge in [-0.25, -0.2) is 4.39 Å². The highest BCUT2D eigenvalue weighted by Gasteiger charge is 2.14. The van der Waals surface area contributed by atoms with Gasteiger partial charge < -0.3 is 9.47 Å². The maximum absolute atomic E-state index is 13.8. The Labute approximate surface area is 137 Å². The zero-order chi connectivity index (χ0) is 15.4. The summed E-state index contributed by atoms with van der Waals surface area (Å²) in [6, 6.07) is 8.03. The van der Waals surface area contributed by atoms with Crippen LogP contribution in [0.3, 0.4) is 0 Å². The van der Waals surface area contributed by atoms with Crippen LogP contribution in [0, 0.1) is 5.82 Å². The van der Waals surface area contributed by atoms with E-state index in [1.54, 1.807) is 24.3 Å². The van der Waals surface area contributed by atoms with Crippen LogP contribution in [-0.2, 0) is 12.5 Å². The molecule has 0 unspecified atom stereocenters. The Hall–Kier alpha value is -1.16. The Bertz CT molecular complexity index is 622. The van der Waals surface area contributed by atoms with E-state index in [-0.39, 0.29) is 17.5 Å². The minimum absolute atomic E-state index is 0.00821. The van der Waals surface area contributed by atoms with Gasteiger partial charge in [0.15, 0.2) is 11.5 Å². The van der Waals surface area contributed by atoms with Crippen LogP contribution >= 0.6 is 34.8 Å². The second kappa shape index (κ2) is 7.21. The summed E-state index contributed by atoms with van der Waals surface area (Å²) in [5.74, 6) is 0.584. The summed E-state index contributed by atoms with van der Waals surface area (Å²) in [6.45, 7) is 0.00821. The second-order valence-electron chi connectivity index (χ2n) is 4.23. The molecule has 2 aromatic carbocycles. The molecule has 0 saturated heterocycles. The monoisotopic (exact) mass is 348 g/mol. The molecule has 2 nitrogen and oxygen atoms in total. The van der Waals surface area contributed by atoms with Gasteiger partial charge in [-0.1, -0.05) is 35.3 Å². The van der Waals surface area contributed by atoms with Gasteiger partial charge in [0.1, 0.15) is 12.4 Å². The lowest BCUT2D eigenvalue weighted by atomic mass is 10.2. The van der Waals surface area contributed by atoms with Crippen molar-refractivity contribution in [3.05, 3.63) is 57.3 Å². The third kappa shape index (κ3) is 3.73. The number of rotatable bonds is 5. The van der Waals surface area contributed by atoms with Crippen LogP contribution < -0.4 is 9.47 Å². The van der Waals surface area contributed by atoms with E-state index in [1.807, 2.05) is 0 Å². The van der Waals surface area contributed by atoms with Gasteiger partial charge in [0.05, 0.1) is 18.0 Å². The van der Waals surface area contributed by atoms with Crippen LogP contribution in [-0.4, -0.2) is 7.11 Å². The van der Waals surface area contributed by atoms with Gasteiger partial charge in [-0.05, 0) is 12.1 Å². The molecule has 6 heteroatoms. The molecule has 0 radical (unpaired) electrons. The van der Waals surface area contributed by atoms with Gasteiger partial charge >= 0.3 is 0 Å². The first-order valence-electron chi connectivity index (χ1n) is 6.05. The first-order chi connectivity index (χ1) is 10.1. The fourth-order valence-corrected chi connectivity index (χ4v) is 2.47. The molecule has 0 amide bonds. The molecule has 0 spiro atoms. The molecule has 0 aliphatic heterocycles. The number of hydrogen-bond donors (Lipinski definition) is 0. The fraction of sp³-hybridized carbons (Fsp3) is 0.200. The highest BCUT2D eigenvalue weighted by atomic mass is 35.5. The summed E-state index contributed by atoms with van der Waals surface area (Å²) in [5, 5.41) is 0.542.